The van der Waals surface area contributed by atoms with E-state index in [0.717, 1.165) is 62.5 Å². The second-order valence-corrected chi connectivity index (χ2v) is 8.23. The van der Waals surface area contributed by atoms with Gasteiger partial charge in [0.2, 0.25) is 5.91 Å². The molecule has 1 atom stereocenters. The Kier molecular flexibility index (Phi) is 5.81. The quantitative estimate of drug-likeness (QED) is 0.796. The van der Waals surface area contributed by atoms with Crippen molar-refractivity contribution in [2.45, 2.75) is 32.2 Å². The number of likely N-dealkylation sites (tertiary alicyclic amines) is 1. The third-order valence-corrected chi connectivity index (χ3v) is 6.01. The molecule has 0 spiro atoms. The number of hydrogen-bond acceptors (Lipinski definition) is 4. The highest BCUT2D eigenvalue weighted by Gasteiger charge is 2.31. The standard InChI is InChI=1S/C23H29FN4O/c1-17-14-20(27-12-10-26(2)11-13-27)16-21(25-17)22-4-3-9-28(22)23(29)15-18-5-7-19(24)8-6-18/h5-8,14,16,22H,3-4,9-13,15H2,1-2H3/t22-/m1/s1. The Balaban J connectivity index is 1.52. The third kappa shape index (κ3) is 4.58. The number of pyridine rings is 1. The molecule has 2 aromatic rings. The van der Waals surface area contributed by atoms with E-state index in [-0.39, 0.29) is 17.8 Å². The van der Waals surface area contributed by atoms with Crippen LogP contribution in [-0.4, -0.2) is 60.5 Å². The van der Waals surface area contributed by atoms with E-state index < -0.39 is 0 Å². The van der Waals surface area contributed by atoms with E-state index in [9.17, 15) is 9.18 Å². The molecule has 0 N–H and O–H groups in total. The topological polar surface area (TPSA) is 39.7 Å². The summed E-state index contributed by atoms with van der Waals surface area (Å²) in [6, 6.07) is 10.5. The van der Waals surface area contributed by atoms with E-state index in [4.69, 9.17) is 4.98 Å². The number of halogens is 1. The lowest BCUT2D eigenvalue weighted by Gasteiger charge is -2.34. The summed E-state index contributed by atoms with van der Waals surface area (Å²) < 4.78 is 13.1. The van der Waals surface area contributed by atoms with Crippen molar-refractivity contribution >= 4 is 11.6 Å². The molecule has 2 aliphatic rings. The molecule has 1 aromatic heterocycles. The first-order valence-corrected chi connectivity index (χ1v) is 10.5. The molecule has 0 aliphatic carbocycles. The summed E-state index contributed by atoms with van der Waals surface area (Å²) in [5.41, 5.74) is 4.04. The maximum atomic E-state index is 13.1. The van der Waals surface area contributed by atoms with E-state index in [2.05, 4.69) is 29.0 Å². The van der Waals surface area contributed by atoms with Gasteiger partial charge in [-0.2, -0.15) is 0 Å². The Morgan fingerprint density at radius 3 is 2.55 bits per heavy atom. The van der Waals surface area contributed by atoms with Crippen molar-refractivity contribution in [1.29, 1.82) is 0 Å². The molecule has 5 nitrogen and oxygen atoms in total. The summed E-state index contributed by atoms with van der Waals surface area (Å²) in [5.74, 6) is -0.191. The molecule has 2 fully saturated rings. The van der Waals surface area contributed by atoms with Gasteiger partial charge in [-0.1, -0.05) is 12.1 Å². The SMILES string of the molecule is Cc1cc(N2CCN(C)CC2)cc([C@H]2CCCN2C(=O)Cc2ccc(F)cc2)n1. The van der Waals surface area contributed by atoms with Crippen molar-refractivity contribution in [2.75, 3.05) is 44.7 Å². The van der Waals surface area contributed by atoms with Crippen LogP contribution in [0.2, 0.25) is 0 Å². The molecule has 154 valence electrons. The number of carbonyl (C=O) groups is 1. The van der Waals surface area contributed by atoms with Crippen LogP contribution in [0.15, 0.2) is 36.4 Å². The van der Waals surface area contributed by atoms with Crippen LogP contribution in [0.5, 0.6) is 0 Å². The Morgan fingerprint density at radius 1 is 1.10 bits per heavy atom. The van der Waals surface area contributed by atoms with E-state index in [0.29, 0.717) is 6.42 Å². The Morgan fingerprint density at radius 2 is 1.83 bits per heavy atom. The first-order valence-electron chi connectivity index (χ1n) is 10.5. The van der Waals surface area contributed by atoms with Crippen LogP contribution in [-0.2, 0) is 11.2 Å². The molecule has 0 bridgehead atoms. The molecule has 0 unspecified atom stereocenters. The summed E-state index contributed by atoms with van der Waals surface area (Å²) in [6.45, 7) is 6.92. The molecule has 1 amide bonds. The number of aromatic nitrogens is 1. The van der Waals surface area contributed by atoms with Gasteiger partial charge < -0.3 is 14.7 Å². The summed E-state index contributed by atoms with van der Waals surface area (Å²) in [7, 11) is 2.16. The van der Waals surface area contributed by atoms with Gasteiger partial charge in [0.05, 0.1) is 18.2 Å². The van der Waals surface area contributed by atoms with Gasteiger partial charge in [-0.05, 0) is 56.6 Å². The zero-order valence-corrected chi connectivity index (χ0v) is 17.3. The summed E-state index contributed by atoms with van der Waals surface area (Å²) in [4.78, 5) is 24.5. The highest BCUT2D eigenvalue weighted by Crippen LogP contribution is 2.33. The number of likely N-dealkylation sites (N-methyl/N-ethyl adjacent to an activating group) is 1. The Hall–Kier alpha value is -2.47. The number of nitrogens with zero attached hydrogens (tertiary/aromatic N) is 4. The van der Waals surface area contributed by atoms with Crippen molar-refractivity contribution in [3.8, 4) is 0 Å². The fourth-order valence-electron chi connectivity index (χ4n) is 4.34. The number of aryl methyl sites for hydroxylation is 1. The highest BCUT2D eigenvalue weighted by atomic mass is 19.1. The molecular weight excluding hydrogens is 367 g/mol. The van der Waals surface area contributed by atoms with Crippen LogP contribution >= 0.6 is 0 Å². The molecule has 1 aromatic carbocycles. The minimum absolute atomic E-state index is 0.0223. The normalized spacial score (nSPS) is 20.3. The van der Waals surface area contributed by atoms with Gasteiger partial charge in [-0.25, -0.2) is 4.39 Å². The molecule has 0 radical (unpaired) electrons. The van der Waals surface area contributed by atoms with Gasteiger partial charge in [-0.15, -0.1) is 0 Å². The highest BCUT2D eigenvalue weighted by molar-refractivity contribution is 5.79. The lowest BCUT2D eigenvalue weighted by Crippen LogP contribution is -2.44. The predicted octanol–water partition coefficient (Wildman–Crippen LogP) is 3.19. The van der Waals surface area contributed by atoms with Gasteiger partial charge in [-0.3, -0.25) is 9.78 Å². The zero-order valence-electron chi connectivity index (χ0n) is 17.3. The largest absolute Gasteiger partial charge is 0.369 e. The fourth-order valence-corrected chi connectivity index (χ4v) is 4.34. The lowest BCUT2D eigenvalue weighted by atomic mass is 10.1. The van der Waals surface area contributed by atoms with Crippen molar-refractivity contribution in [3.63, 3.8) is 0 Å². The molecular formula is C23H29FN4O. The van der Waals surface area contributed by atoms with Crippen LogP contribution in [0.4, 0.5) is 10.1 Å². The van der Waals surface area contributed by atoms with E-state index in [1.807, 2.05) is 11.8 Å². The van der Waals surface area contributed by atoms with Crippen molar-refractivity contribution < 1.29 is 9.18 Å². The molecule has 0 saturated carbocycles. The van der Waals surface area contributed by atoms with Crippen molar-refractivity contribution in [3.05, 3.63) is 59.2 Å². The van der Waals surface area contributed by atoms with Crippen molar-refractivity contribution in [2.24, 2.45) is 0 Å². The van der Waals surface area contributed by atoms with Gasteiger partial charge in [0.15, 0.2) is 0 Å². The molecule has 4 rings (SSSR count). The molecule has 3 heterocycles. The Bertz CT molecular complexity index is 862. The smallest absolute Gasteiger partial charge is 0.227 e. The molecule has 29 heavy (non-hydrogen) atoms. The minimum Gasteiger partial charge on any atom is -0.369 e. The number of hydrogen-bond donors (Lipinski definition) is 0. The van der Waals surface area contributed by atoms with Gasteiger partial charge in [0.1, 0.15) is 5.82 Å². The monoisotopic (exact) mass is 396 g/mol. The third-order valence-electron chi connectivity index (χ3n) is 6.01. The molecule has 6 heteroatoms. The number of amides is 1. The minimum atomic E-state index is -0.277. The Labute approximate surface area is 172 Å². The average Bonchev–Trinajstić information content (AvgIpc) is 3.20. The zero-order chi connectivity index (χ0) is 20.4. The van der Waals surface area contributed by atoms with Crippen LogP contribution in [0, 0.1) is 12.7 Å². The summed E-state index contributed by atoms with van der Waals surface area (Å²) in [6.07, 6.45) is 2.22. The second kappa shape index (κ2) is 8.49. The summed E-state index contributed by atoms with van der Waals surface area (Å²) >= 11 is 0. The number of anilines is 1. The number of rotatable bonds is 4. The van der Waals surface area contributed by atoms with Gasteiger partial charge in [0.25, 0.3) is 0 Å². The van der Waals surface area contributed by atoms with Crippen molar-refractivity contribution in [1.82, 2.24) is 14.8 Å². The fraction of sp³-hybridized carbons (Fsp3) is 0.478. The van der Waals surface area contributed by atoms with Crippen LogP contribution in [0.25, 0.3) is 0 Å². The first-order chi connectivity index (χ1) is 14.0. The van der Waals surface area contributed by atoms with E-state index in [1.165, 1.54) is 17.8 Å². The maximum absolute atomic E-state index is 13.1. The van der Waals surface area contributed by atoms with Gasteiger partial charge >= 0.3 is 0 Å². The van der Waals surface area contributed by atoms with Gasteiger partial charge in [0, 0.05) is 44.1 Å². The van der Waals surface area contributed by atoms with E-state index in [1.54, 1.807) is 12.1 Å². The number of carbonyl (C=O) groups excluding carboxylic acids is 1. The number of piperazine rings is 1. The second-order valence-electron chi connectivity index (χ2n) is 8.23. The lowest BCUT2D eigenvalue weighted by molar-refractivity contribution is -0.131. The average molecular weight is 397 g/mol. The summed E-state index contributed by atoms with van der Waals surface area (Å²) in [5, 5.41) is 0. The molecule has 2 aliphatic heterocycles. The first kappa shape index (κ1) is 19.8. The van der Waals surface area contributed by atoms with E-state index >= 15 is 0 Å². The van der Waals surface area contributed by atoms with Crippen LogP contribution in [0.3, 0.4) is 0 Å². The van der Waals surface area contributed by atoms with Crippen LogP contribution in [0.1, 0.15) is 35.8 Å². The van der Waals surface area contributed by atoms with Crippen LogP contribution < -0.4 is 4.90 Å². The maximum Gasteiger partial charge on any atom is 0.227 e. The molecule has 2 saturated heterocycles. The predicted molar refractivity (Wildman–Crippen MR) is 112 cm³/mol. The number of benzene rings is 1.